The Hall–Kier alpha value is -2.05. The van der Waals surface area contributed by atoms with Gasteiger partial charge >= 0.3 is 22.2 Å². The molecule has 11 heteroatoms. The van der Waals surface area contributed by atoms with Gasteiger partial charge in [-0.3, -0.25) is 4.55 Å². The predicted octanol–water partition coefficient (Wildman–Crippen LogP) is -0.418. The number of hydrogen-bond donors (Lipinski definition) is 6. The lowest BCUT2D eigenvalue weighted by molar-refractivity contribution is 0.0651. The lowest BCUT2D eigenvalue weighted by atomic mass is 10.1. The molecule has 132 valence electrons. The highest BCUT2D eigenvalue weighted by Gasteiger charge is 2.13. The number of aliphatic hydroxyl groups excluding tert-OH is 2. The molecule has 0 unspecified atom stereocenters. The first-order valence-corrected chi connectivity index (χ1v) is 7.57. The van der Waals surface area contributed by atoms with Gasteiger partial charge in [0.05, 0.1) is 11.1 Å². The molecule has 1 aromatic rings. The number of benzene rings is 1. The van der Waals surface area contributed by atoms with Crippen LogP contribution >= 0.6 is 0 Å². The summed E-state index contributed by atoms with van der Waals surface area (Å²) in [6, 6.07) is 5.48. The van der Waals surface area contributed by atoms with Crippen LogP contribution in [0.3, 0.4) is 0 Å². The fourth-order valence-corrected chi connectivity index (χ4v) is 1.08. The van der Waals surface area contributed by atoms with Gasteiger partial charge in [0, 0.05) is 13.2 Å². The number of aromatic carboxylic acids is 2. The summed E-state index contributed by atoms with van der Waals surface area (Å²) < 4.78 is 25.2. The zero-order valence-corrected chi connectivity index (χ0v) is 12.8. The van der Waals surface area contributed by atoms with E-state index in [9.17, 15) is 9.59 Å². The molecule has 0 amide bonds. The molecule has 10 nitrogen and oxygen atoms in total. The van der Waals surface area contributed by atoms with Crippen molar-refractivity contribution < 1.29 is 43.0 Å². The van der Waals surface area contributed by atoms with Crippen molar-refractivity contribution in [1.82, 2.24) is 0 Å². The smallest absolute Gasteiger partial charge is 0.336 e. The van der Waals surface area contributed by atoms with Gasteiger partial charge in [-0.2, -0.15) is 8.42 Å². The van der Waals surface area contributed by atoms with Crippen molar-refractivity contribution in [1.29, 1.82) is 0 Å². The van der Waals surface area contributed by atoms with Gasteiger partial charge in [-0.25, -0.2) is 14.7 Å². The second-order valence-electron chi connectivity index (χ2n) is 3.83. The molecule has 0 radical (unpaired) electrons. The van der Waals surface area contributed by atoms with Crippen molar-refractivity contribution >= 4 is 22.2 Å². The van der Waals surface area contributed by atoms with Crippen LogP contribution in [-0.2, 0) is 10.3 Å². The van der Waals surface area contributed by atoms with Crippen LogP contribution in [0.2, 0.25) is 0 Å². The summed E-state index contributed by atoms with van der Waals surface area (Å²) in [6.07, 6.45) is 1.44. The monoisotopic (exact) mass is 353 g/mol. The van der Waals surface area contributed by atoms with Crippen LogP contribution in [0.5, 0.6) is 0 Å². The van der Waals surface area contributed by atoms with Gasteiger partial charge in [-0.15, -0.1) is 0 Å². The van der Waals surface area contributed by atoms with E-state index in [-0.39, 0.29) is 24.3 Å². The van der Waals surface area contributed by atoms with E-state index in [1.54, 1.807) is 0 Å². The van der Waals surface area contributed by atoms with Crippen LogP contribution in [0.1, 0.15) is 33.6 Å². The molecule has 0 aliphatic carbocycles. The van der Waals surface area contributed by atoms with Gasteiger partial charge < -0.3 is 20.4 Å². The number of hydrogen-bond acceptors (Lipinski definition) is 6. The van der Waals surface area contributed by atoms with Crippen LogP contribution in [0.4, 0.5) is 0 Å². The third-order valence-corrected chi connectivity index (χ3v) is 1.95. The SMILES string of the molecule is NS(=O)(=O)O.O=C(O)c1ccccc1C(=O)O.OCCCCO. The predicted molar refractivity (Wildman–Crippen MR) is 79.5 cm³/mol. The Morgan fingerprint density at radius 2 is 1.17 bits per heavy atom. The number of rotatable bonds is 5. The molecule has 0 atom stereocenters. The van der Waals surface area contributed by atoms with Crippen molar-refractivity contribution in [2.75, 3.05) is 13.2 Å². The molecule has 0 aliphatic rings. The van der Waals surface area contributed by atoms with Crippen molar-refractivity contribution in [2.24, 2.45) is 5.14 Å². The summed E-state index contributed by atoms with van der Waals surface area (Å²) >= 11 is 0. The summed E-state index contributed by atoms with van der Waals surface area (Å²) in [4.78, 5) is 20.9. The topological polar surface area (TPSA) is 195 Å². The Bertz CT molecular complexity index is 541. The molecule has 23 heavy (non-hydrogen) atoms. The second kappa shape index (κ2) is 12.5. The van der Waals surface area contributed by atoms with E-state index in [0.717, 1.165) is 12.8 Å². The normalized spacial score (nSPS) is 9.74. The third-order valence-electron chi connectivity index (χ3n) is 1.95. The molecular formula is C12H19NO9S. The Labute approximate surface area is 132 Å². The Balaban J connectivity index is 0. The third kappa shape index (κ3) is 16.2. The highest BCUT2D eigenvalue weighted by Crippen LogP contribution is 2.07. The first-order chi connectivity index (χ1) is 10.5. The molecule has 0 fully saturated rings. The van der Waals surface area contributed by atoms with Gasteiger partial charge in [-0.05, 0) is 25.0 Å². The van der Waals surface area contributed by atoms with E-state index in [1.807, 2.05) is 0 Å². The van der Waals surface area contributed by atoms with Crippen LogP contribution in [-0.4, -0.2) is 58.5 Å². The summed E-state index contributed by atoms with van der Waals surface area (Å²) in [5, 5.41) is 37.2. The maximum Gasteiger partial charge on any atom is 0.336 e. The van der Waals surface area contributed by atoms with Crippen molar-refractivity contribution in [3.05, 3.63) is 35.4 Å². The van der Waals surface area contributed by atoms with Gasteiger partial charge in [0.25, 0.3) is 0 Å². The minimum absolute atomic E-state index is 0.190. The van der Waals surface area contributed by atoms with Gasteiger partial charge in [-0.1, -0.05) is 12.1 Å². The van der Waals surface area contributed by atoms with Crippen molar-refractivity contribution in [3.63, 3.8) is 0 Å². The van der Waals surface area contributed by atoms with E-state index in [4.69, 9.17) is 33.4 Å². The molecule has 0 saturated carbocycles. The lowest BCUT2D eigenvalue weighted by Crippen LogP contribution is -2.08. The van der Waals surface area contributed by atoms with Gasteiger partial charge in [0.1, 0.15) is 0 Å². The fourth-order valence-electron chi connectivity index (χ4n) is 1.08. The van der Waals surface area contributed by atoms with E-state index >= 15 is 0 Å². The van der Waals surface area contributed by atoms with Crippen LogP contribution < -0.4 is 5.14 Å². The molecule has 0 aromatic heterocycles. The summed E-state index contributed by atoms with van der Waals surface area (Å²) in [6.45, 7) is 0.390. The molecule has 0 saturated heterocycles. The quantitative estimate of drug-likeness (QED) is 0.301. The van der Waals surface area contributed by atoms with Crippen LogP contribution in [0, 0.1) is 0 Å². The van der Waals surface area contributed by atoms with E-state index < -0.39 is 22.2 Å². The Morgan fingerprint density at radius 3 is 1.35 bits per heavy atom. The minimum atomic E-state index is -4.17. The highest BCUT2D eigenvalue weighted by atomic mass is 32.2. The van der Waals surface area contributed by atoms with Crippen molar-refractivity contribution in [3.8, 4) is 0 Å². The number of unbranched alkanes of at least 4 members (excludes halogenated alkanes) is 1. The minimum Gasteiger partial charge on any atom is -0.478 e. The molecule has 0 bridgehead atoms. The Kier molecular flexibility index (Phi) is 12.6. The maximum atomic E-state index is 10.5. The van der Waals surface area contributed by atoms with Crippen LogP contribution in [0.15, 0.2) is 24.3 Å². The molecule has 7 N–H and O–H groups in total. The average Bonchev–Trinajstić information content (AvgIpc) is 2.44. The molecule has 0 spiro atoms. The summed E-state index contributed by atoms with van der Waals surface area (Å²) in [5.41, 5.74) is -0.380. The maximum absolute atomic E-state index is 10.5. The zero-order valence-electron chi connectivity index (χ0n) is 12.0. The average molecular weight is 353 g/mol. The molecule has 0 aliphatic heterocycles. The molecule has 1 rings (SSSR count). The second-order valence-corrected chi connectivity index (χ2v) is 4.86. The van der Waals surface area contributed by atoms with Gasteiger partial charge in [0.15, 0.2) is 0 Å². The summed E-state index contributed by atoms with van der Waals surface area (Å²) in [7, 11) is -4.17. The summed E-state index contributed by atoms with van der Waals surface area (Å²) in [5.74, 6) is -2.46. The fraction of sp³-hybridized carbons (Fsp3) is 0.333. The Morgan fingerprint density at radius 1 is 0.913 bits per heavy atom. The number of aliphatic hydroxyl groups is 2. The largest absolute Gasteiger partial charge is 0.478 e. The molecule has 1 aromatic carbocycles. The van der Waals surface area contributed by atoms with Gasteiger partial charge in [0.2, 0.25) is 0 Å². The molecular weight excluding hydrogens is 334 g/mol. The van der Waals surface area contributed by atoms with E-state index in [0.29, 0.717) is 0 Å². The van der Waals surface area contributed by atoms with Crippen molar-refractivity contribution in [2.45, 2.75) is 12.8 Å². The lowest BCUT2D eigenvalue weighted by Gasteiger charge is -1.98. The zero-order chi connectivity index (χ0) is 18.5. The number of carbonyl (C=O) groups is 2. The highest BCUT2D eigenvalue weighted by molar-refractivity contribution is 7.83. The number of nitrogens with two attached hydrogens (primary N) is 1. The van der Waals surface area contributed by atoms with Crippen LogP contribution in [0.25, 0.3) is 0 Å². The van der Waals surface area contributed by atoms with E-state index in [2.05, 4.69) is 5.14 Å². The number of carboxylic acids is 2. The first kappa shape index (κ1) is 23.2. The standard InChI is InChI=1S/C8H6O4.C4H10O2.H3NO3S/c9-7(10)5-3-1-2-4-6(5)8(11)12;5-3-1-2-4-6;1-5(2,3)4/h1-4H,(H,9,10)(H,11,12);5-6H,1-4H2;(H3,1,2,3,4). The number of carboxylic acid groups (broad SMARTS) is 2. The molecule has 0 heterocycles. The van der Waals surface area contributed by atoms with E-state index in [1.165, 1.54) is 24.3 Å². The first-order valence-electron chi connectivity index (χ1n) is 6.07.